The van der Waals surface area contributed by atoms with E-state index < -0.39 is 0 Å². The Labute approximate surface area is 549 Å². The van der Waals surface area contributed by atoms with Crippen LogP contribution >= 0.6 is 0 Å². The molecule has 8 aromatic rings. The number of hydrogen-bond donors (Lipinski definition) is 4. The summed E-state index contributed by atoms with van der Waals surface area (Å²) < 4.78 is 28.5. The van der Waals surface area contributed by atoms with Gasteiger partial charge in [0, 0.05) is 38.0 Å². The molecular formula is C77H94N8O8. The number of carbonyl (C=O) groups excluding carboxylic acids is 4. The van der Waals surface area contributed by atoms with Gasteiger partial charge in [0.1, 0.15) is 36.2 Å². The van der Waals surface area contributed by atoms with E-state index in [1.165, 1.54) is 12.8 Å². The Morgan fingerprint density at radius 1 is 0.473 bits per heavy atom. The maximum Gasteiger partial charge on any atom is 0.272 e. The van der Waals surface area contributed by atoms with Gasteiger partial charge in [0.25, 0.3) is 11.8 Å². The first-order valence-corrected chi connectivity index (χ1v) is 33.3. The molecule has 4 N–H and O–H groups in total. The monoisotopic (exact) mass is 1260 g/mol. The number of benzene rings is 6. The van der Waals surface area contributed by atoms with E-state index in [1.807, 2.05) is 179 Å². The van der Waals surface area contributed by atoms with E-state index in [0.29, 0.717) is 85.4 Å². The van der Waals surface area contributed by atoms with Crippen LogP contribution in [0.3, 0.4) is 0 Å². The van der Waals surface area contributed by atoms with E-state index in [2.05, 4.69) is 55.9 Å². The first-order valence-electron chi connectivity index (χ1n) is 33.3. The number of carbonyl (C=O) groups is 4. The summed E-state index contributed by atoms with van der Waals surface area (Å²) in [6.45, 7) is 12.3. The minimum atomic E-state index is -0.336. The standard InChI is InChI=1S/C39H48N4O4.C38H46N4O4/c1-27(2)21-31(23-37(44)40-25-29-14-7-5-8-15-29)41-39(45)33-24-34(43(42-33)32-18-11-13-28(3)22-32)38-35(46-4)19-12-20-36(38)47-26-30-16-9-6-10-17-30;1-27(2)22-30(23-36(43)39-25-28-14-7-4-8-15-28)40-38(44)32-24-33(42(41-32)31-18-11-6-12-19-31)37-34(45-3)20-13-21-35(37)46-26-29-16-9-5-10-17-29/h5-10,12,14-17,19-20,24,27-28,31-32H,11,13,18,21-23,25-26H2,1-4H3,(H,40,44)(H,41,45);4-5,7-10,13-17,20-21,24,27,30-31H,6,11-12,18-19,22-23,25-26H2,1-3H3,(H,39,43)(H,40,44)/t28?,31-,32?;30-/m00/s1. The van der Waals surface area contributed by atoms with Crippen molar-refractivity contribution in [2.75, 3.05) is 14.2 Å². The fourth-order valence-corrected chi connectivity index (χ4v) is 12.7. The zero-order valence-corrected chi connectivity index (χ0v) is 55.3. The van der Waals surface area contributed by atoms with Crippen molar-refractivity contribution in [1.29, 1.82) is 0 Å². The molecule has 93 heavy (non-hydrogen) atoms. The van der Waals surface area contributed by atoms with Crippen LogP contribution in [0.2, 0.25) is 0 Å². The van der Waals surface area contributed by atoms with Crippen LogP contribution in [0.25, 0.3) is 22.5 Å². The summed E-state index contributed by atoms with van der Waals surface area (Å²) in [4.78, 5) is 53.7. The van der Waals surface area contributed by atoms with Gasteiger partial charge in [-0.2, -0.15) is 10.2 Å². The second-order valence-electron chi connectivity index (χ2n) is 25.7. The zero-order chi connectivity index (χ0) is 65.5. The van der Waals surface area contributed by atoms with Crippen molar-refractivity contribution in [2.45, 2.75) is 169 Å². The molecule has 490 valence electrons. The van der Waals surface area contributed by atoms with E-state index >= 15 is 0 Å². The molecule has 2 unspecified atom stereocenters. The van der Waals surface area contributed by atoms with Gasteiger partial charge >= 0.3 is 0 Å². The Balaban J connectivity index is 0.000000219. The number of methoxy groups -OCH3 is 2. The molecule has 2 fully saturated rings. The summed E-state index contributed by atoms with van der Waals surface area (Å²) in [5.41, 5.74) is 7.94. The lowest BCUT2D eigenvalue weighted by Gasteiger charge is -2.29. The number of rotatable bonds is 28. The van der Waals surface area contributed by atoms with Gasteiger partial charge in [-0.15, -0.1) is 0 Å². The largest absolute Gasteiger partial charge is 0.496 e. The van der Waals surface area contributed by atoms with Gasteiger partial charge in [-0.1, -0.05) is 200 Å². The van der Waals surface area contributed by atoms with Crippen molar-refractivity contribution in [3.8, 4) is 45.5 Å². The fraction of sp³-hybridized carbons (Fsp3) is 0.403. The van der Waals surface area contributed by atoms with Gasteiger partial charge in [0.05, 0.1) is 48.8 Å². The van der Waals surface area contributed by atoms with E-state index in [9.17, 15) is 19.2 Å². The third kappa shape index (κ3) is 19.9. The highest BCUT2D eigenvalue weighted by Gasteiger charge is 2.31. The maximum atomic E-state index is 13.9. The number of nitrogens with zero attached hydrogens (tertiary/aromatic N) is 4. The smallest absolute Gasteiger partial charge is 0.272 e. The van der Waals surface area contributed by atoms with Gasteiger partial charge in [-0.05, 0) is 115 Å². The first kappa shape index (κ1) is 68.2. The van der Waals surface area contributed by atoms with Crippen LogP contribution in [0.15, 0.2) is 170 Å². The van der Waals surface area contributed by atoms with E-state index in [0.717, 1.165) is 89.7 Å². The molecule has 2 saturated carbocycles. The van der Waals surface area contributed by atoms with Crippen LogP contribution in [0, 0.1) is 17.8 Å². The van der Waals surface area contributed by atoms with Gasteiger partial charge in [0.15, 0.2) is 11.4 Å². The molecule has 16 nitrogen and oxygen atoms in total. The van der Waals surface area contributed by atoms with Crippen molar-refractivity contribution in [1.82, 2.24) is 40.8 Å². The average Bonchev–Trinajstić information content (AvgIpc) is 1.73. The van der Waals surface area contributed by atoms with Crippen LogP contribution in [-0.4, -0.2) is 69.5 Å². The predicted molar refractivity (Wildman–Crippen MR) is 366 cm³/mol. The van der Waals surface area contributed by atoms with Crippen LogP contribution < -0.4 is 40.2 Å². The molecule has 4 atom stereocenters. The van der Waals surface area contributed by atoms with Gasteiger partial charge in [0.2, 0.25) is 11.8 Å². The second-order valence-corrected chi connectivity index (χ2v) is 25.7. The second kappa shape index (κ2) is 34.5. The topological polar surface area (TPSA) is 189 Å². The number of ether oxygens (including phenoxy) is 4. The summed E-state index contributed by atoms with van der Waals surface area (Å²) in [5, 5.41) is 22.2. The molecular weight excluding hydrogens is 1160 g/mol. The lowest BCUT2D eigenvalue weighted by molar-refractivity contribution is -0.122. The minimum Gasteiger partial charge on any atom is -0.496 e. The molecule has 16 heteroatoms. The maximum absolute atomic E-state index is 13.9. The lowest BCUT2D eigenvalue weighted by atomic mass is 9.87. The summed E-state index contributed by atoms with van der Waals surface area (Å²) in [6.07, 6.45) is 11.4. The van der Waals surface area contributed by atoms with Crippen molar-refractivity contribution < 1.29 is 38.1 Å². The summed E-state index contributed by atoms with van der Waals surface area (Å²) >= 11 is 0. The molecule has 0 radical (unpaired) electrons. The minimum absolute atomic E-state index is 0.0996. The summed E-state index contributed by atoms with van der Waals surface area (Å²) in [7, 11) is 3.30. The van der Waals surface area contributed by atoms with E-state index in [4.69, 9.17) is 29.1 Å². The quantitative estimate of drug-likeness (QED) is 0.0367. The Kier molecular flexibility index (Phi) is 25.3. The number of aromatic nitrogens is 4. The van der Waals surface area contributed by atoms with Crippen LogP contribution in [-0.2, 0) is 35.9 Å². The molecule has 0 saturated heterocycles. The highest BCUT2D eigenvalue weighted by atomic mass is 16.5. The molecule has 0 spiro atoms. The normalized spacial score (nSPS) is 15.5. The molecule has 0 bridgehead atoms. The van der Waals surface area contributed by atoms with E-state index in [1.54, 1.807) is 14.2 Å². The Bertz CT molecular complexity index is 3640. The molecule has 2 aliphatic rings. The number of amides is 4. The Morgan fingerprint density at radius 2 is 0.860 bits per heavy atom. The molecule has 4 amide bonds. The van der Waals surface area contributed by atoms with Crippen LogP contribution in [0.5, 0.6) is 23.0 Å². The van der Waals surface area contributed by atoms with Crippen LogP contribution in [0.1, 0.15) is 173 Å². The lowest BCUT2D eigenvalue weighted by Crippen LogP contribution is -2.40. The van der Waals surface area contributed by atoms with Crippen molar-refractivity contribution in [3.05, 3.63) is 203 Å². The third-order valence-corrected chi connectivity index (χ3v) is 17.2. The summed E-state index contributed by atoms with van der Waals surface area (Å²) in [5.74, 6) is 2.99. The molecule has 2 aromatic heterocycles. The number of nitrogens with one attached hydrogen (secondary N) is 4. The highest BCUT2D eigenvalue weighted by molar-refractivity contribution is 5.95. The Morgan fingerprint density at radius 3 is 1.26 bits per heavy atom. The SMILES string of the molecule is COc1cccc(OCc2ccccc2)c1-c1cc(C(=O)N[C@H](CC(=O)NCc2ccccc2)CC(C)C)nn1C1CCCC(C)C1.COc1cccc(OCc2ccccc2)c1-c1cc(C(=O)N[C@H](CC(=O)NCc2ccccc2)CC(C)C)nn1C1CCCCC1. The zero-order valence-electron chi connectivity index (χ0n) is 55.3. The molecule has 2 heterocycles. The predicted octanol–water partition coefficient (Wildman–Crippen LogP) is 15.2. The molecule has 0 aliphatic heterocycles. The Hall–Kier alpha value is -9.18. The summed E-state index contributed by atoms with van der Waals surface area (Å²) in [6, 6.07) is 54.6. The van der Waals surface area contributed by atoms with E-state index in [-0.39, 0.29) is 66.6 Å². The van der Waals surface area contributed by atoms with Crippen molar-refractivity contribution >= 4 is 23.6 Å². The van der Waals surface area contributed by atoms with Gasteiger partial charge in [-0.25, -0.2) is 0 Å². The third-order valence-electron chi connectivity index (χ3n) is 17.2. The average molecular weight is 1260 g/mol. The molecule has 2 aliphatic carbocycles. The van der Waals surface area contributed by atoms with Gasteiger partial charge in [-0.3, -0.25) is 28.5 Å². The number of hydrogen-bond acceptors (Lipinski definition) is 10. The fourth-order valence-electron chi connectivity index (χ4n) is 12.7. The van der Waals surface area contributed by atoms with Crippen molar-refractivity contribution in [3.63, 3.8) is 0 Å². The first-order chi connectivity index (χ1) is 45.2. The van der Waals surface area contributed by atoms with Crippen LogP contribution in [0.4, 0.5) is 0 Å². The van der Waals surface area contributed by atoms with Gasteiger partial charge < -0.3 is 40.2 Å². The molecule has 6 aromatic carbocycles. The van der Waals surface area contributed by atoms with Crippen molar-refractivity contribution in [2.24, 2.45) is 17.8 Å². The molecule has 10 rings (SSSR count). The highest BCUT2D eigenvalue weighted by Crippen LogP contribution is 2.44.